The molecule has 0 unspecified atom stereocenters. The fourth-order valence-corrected chi connectivity index (χ4v) is 4.16. The minimum atomic E-state index is -0.230. The summed E-state index contributed by atoms with van der Waals surface area (Å²) in [6.07, 6.45) is 0. The number of rotatable bonds is 7. The average Bonchev–Trinajstić information content (AvgIpc) is 3.26. The molecule has 4 rings (SSSR count). The van der Waals surface area contributed by atoms with Gasteiger partial charge in [0.05, 0.1) is 11.5 Å². The molecule has 3 aromatic carbocycles. The molecule has 0 aliphatic carbocycles. The van der Waals surface area contributed by atoms with Crippen LogP contribution in [0.15, 0.2) is 93.6 Å². The maximum atomic E-state index is 12.4. The van der Waals surface area contributed by atoms with E-state index in [1.165, 1.54) is 11.8 Å². The fraction of sp³-hybridized carbons (Fsp3) is 0.0833. The zero-order chi connectivity index (χ0) is 23.2. The Morgan fingerprint density at radius 2 is 1.73 bits per heavy atom. The van der Waals surface area contributed by atoms with Gasteiger partial charge in [0.2, 0.25) is 0 Å². The van der Waals surface area contributed by atoms with Crippen LogP contribution in [-0.4, -0.2) is 32.1 Å². The van der Waals surface area contributed by atoms with Crippen LogP contribution in [0, 0.1) is 0 Å². The number of benzene rings is 3. The first-order valence-corrected chi connectivity index (χ1v) is 12.2. The summed E-state index contributed by atoms with van der Waals surface area (Å²) in [6, 6.07) is 24.9. The van der Waals surface area contributed by atoms with Crippen molar-refractivity contribution in [2.75, 3.05) is 5.75 Å². The van der Waals surface area contributed by atoms with Gasteiger partial charge in [0.15, 0.2) is 11.0 Å². The van der Waals surface area contributed by atoms with Crippen molar-refractivity contribution in [3.05, 3.63) is 93.9 Å². The van der Waals surface area contributed by atoms with Crippen molar-refractivity contribution in [3.63, 3.8) is 0 Å². The smallest absolute Gasteiger partial charge is 0.250 e. The molecule has 0 atom stereocenters. The number of thioether (sulfide) groups is 1. The minimum Gasteiger partial charge on any atom is -0.272 e. The van der Waals surface area contributed by atoms with Gasteiger partial charge in [0.25, 0.3) is 5.91 Å². The maximum Gasteiger partial charge on any atom is 0.250 e. The molecule has 166 valence electrons. The van der Waals surface area contributed by atoms with Crippen molar-refractivity contribution in [2.45, 2.75) is 12.1 Å². The van der Waals surface area contributed by atoms with Crippen molar-refractivity contribution in [3.8, 4) is 17.1 Å². The first kappa shape index (κ1) is 23.2. The molecule has 0 bridgehead atoms. The normalized spacial score (nSPS) is 11.4. The first-order chi connectivity index (χ1) is 16.0. The second-order valence-corrected chi connectivity index (χ2v) is 9.31. The van der Waals surface area contributed by atoms with Gasteiger partial charge in [0.1, 0.15) is 0 Å². The Morgan fingerprint density at radius 3 is 2.42 bits per heavy atom. The molecule has 6 nitrogen and oxygen atoms in total. The first-order valence-electron chi connectivity index (χ1n) is 10.00. The van der Waals surface area contributed by atoms with Gasteiger partial charge >= 0.3 is 0 Å². The Morgan fingerprint density at radius 1 is 1.03 bits per heavy atom. The molecule has 0 aliphatic heterocycles. The lowest BCUT2D eigenvalue weighted by Gasteiger charge is -2.10. The van der Waals surface area contributed by atoms with Crippen LogP contribution < -0.4 is 5.43 Å². The summed E-state index contributed by atoms with van der Waals surface area (Å²) in [5.41, 5.74) is 6.05. The summed E-state index contributed by atoms with van der Waals surface area (Å²) in [5.74, 6) is 0.583. The molecule has 0 saturated carbocycles. The van der Waals surface area contributed by atoms with E-state index in [1.54, 1.807) is 0 Å². The highest BCUT2D eigenvalue weighted by molar-refractivity contribution is 9.10. The summed E-state index contributed by atoms with van der Waals surface area (Å²) in [4.78, 5) is 12.4. The van der Waals surface area contributed by atoms with Crippen LogP contribution in [-0.2, 0) is 4.79 Å². The van der Waals surface area contributed by atoms with E-state index in [1.807, 2.05) is 90.4 Å². The van der Waals surface area contributed by atoms with Crippen molar-refractivity contribution >= 4 is 50.9 Å². The Balaban J connectivity index is 1.51. The minimum absolute atomic E-state index is 0.142. The predicted octanol–water partition coefficient (Wildman–Crippen LogP) is 5.98. The molecule has 1 heterocycles. The predicted molar refractivity (Wildman–Crippen MR) is 137 cm³/mol. The van der Waals surface area contributed by atoms with E-state index < -0.39 is 0 Å². The average molecular weight is 541 g/mol. The monoisotopic (exact) mass is 539 g/mol. The molecule has 0 aliphatic rings. The van der Waals surface area contributed by atoms with E-state index in [0.717, 1.165) is 27.0 Å². The van der Waals surface area contributed by atoms with E-state index in [4.69, 9.17) is 11.6 Å². The highest BCUT2D eigenvalue weighted by atomic mass is 79.9. The second kappa shape index (κ2) is 10.8. The van der Waals surface area contributed by atoms with Crippen LogP contribution in [0.2, 0.25) is 5.02 Å². The zero-order valence-corrected chi connectivity index (χ0v) is 20.7. The van der Waals surface area contributed by atoms with Gasteiger partial charge in [0, 0.05) is 20.7 Å². The van der Waals surface area contributed by atoms with E-state index in [-0.39, 0.29) is 11.7 Å². The van der Waals surface area contributed by atoms with E-state index in [0.29, 0.717) is 16.0 Å². The molecule has 0 spiro atoms. The van der Waals surface area contributed by atoms with E-state index in [2.05, 4.69) is 36.7 Å². The summed E-state index contributed by atoms with van der Waals surface area (Å²) in [6.45, 7) is 1.85. The lowest BCUT2D eigenvalue weighted by atomic mass is 10.1. The Labute approximate surface area is 209 Å². The molecule has 0 radical (unpaired) electrons. The van der Waals surface area contributed by atoms with E-state index in [9.17, 15) is 4.79 Å². The molecular weight excluding hydrogens is 522 g/mol. The van der Waals surface area contributed by atoms with E-state index >= 15 is 0 Å². The number of hydrazone groups is 1. The summed E-state index contributed by atoms with van der Waals surface area (Å²) >= 11 is 10.7. The molecular formula is C24H19BrClN5OS. The number of nitrogens with zero attached hydrogens (tertiary/aromatic N) is 4. The Hall–Kier alpha value is -2.94. The van der Waals surface area contributed by atoms with Crippen molar-refractivity contribution in [1.29, 1.82) is 0 Å². The number of carbonyl (C=O) groups is 1. The van der Waals surface area contributed by atoms with Crippen molar-refractivity contribution in [1.82, 2.24) is 20.2 Å². The van der Waals surface area contributed by atoms with Crippen LogP contribution in [0.25, 0.3) is 17.1 Å². The van der Waals surface area contributed by atoms with Gasteiger partial charge in [-0.1, -0.05) is 69.6 Å². The topological polar surface area (TPSA) is 72.2 Å². The van der Waals surface area contributed by atoms with Gasteiger partial charge < -0.3 is 0 Å². The molecule has 33 heavy (non-hydrogen) atoms. The summed E-state index contributed by atoms with van der Waals surface area (Å²) in [7, 11) is 0. The number of hydrogen-bond donors (Lipinski definition) is 1. The lowest BCUT2D eigenvalue weighted by molar-refractivity contribution is -0.118. The number of para-hydroxylation sites is 1. The fourth-order valence-electron chi connectivity index (χ4n) is 3.02. The molecule has 4 aromatic rings. The number of amides is 1. The quantitative estimate of drug-likeness (QED) is 0.178. The highest BCUT2D eigenvalue weighted by Crippen LogP contribution is 2.28. The molecule has 0 fully saturated rings. The summed E-state index contributed by atoms with van der Waals surface area (Å²) < 4.78 is 2.91. The van der Waals surface area contributed by atoms with Crippen LogP contribution in [0.4, 0.5) is 0 Å². The zero-order valence-electron chi connectivity index (χ0n) is 17.6. The Kier molecular flexibility index (Phi) is 7.59. The van der Waals surface area contributed by atoms with Gasteiger partial charge in [-0.25, -0.2) is 5.43 Å². The van der Waals surface area contributed by atoms with Gasteiger partial charge in [-0.3, -0.25) is 9.36 Å². The third kappa shape index (κ3) is 5.90. The number of carbonyl (C=O) groups excluding carboxylic acids is 1. The molecule has 1 aromatic heterocycles. The lowest BCUT2D eigenvalue weighted by Crippen LogP contribution is -2.21. The summed E-state index contributed by atoms with van der Waals surface area (Å²) in [5, 5.41) is 14.2. The largest absolute Gasteiger partial charge is 0.272 e. The van der Waals surface area contributed by atoms with Crippen LogP contribution in [0.5, 0.6) is 0 Å². The van der Waals surface area contributed by atoms with Crippen molar-refractivity contribution < 1.29 is 4.79 Å². The van der Waals surface area contributed by atoms with Crippen LogP contribution in [0.3, 0.4) is 0 Å². The number of nitrogens with one attached hydrogen (secondary N) is 1. The standard InChI is InChI=1S/C24H19BrClN5OS/c1-16(17-7-11-19(25)12-8-17)27-28-22(32)15-33-24-30-29-23(18-9-13-20(26)14-10-18)31(24)21-5-3-2-4-6-21/h2-14H,15H2,1H3,(H,28,32). The third-order valence-corrected chi connectivity index (χ3v) is 6.40. The number of aromatic nitrogens is 3. The second-order valence-electron chi connectivity index (χ2n) is 7.01. The van der Waals surface area contributed by atoms with Crippen molar-refractivity contribution in [2.24, 2.45) is 5.10 Å². The number of halogens is 2. The van der Waals surface area contributed by atoms with Crippen LogP contribution >= 0.6 is 39.3 Å². The maximum absolute atomic E-state index is 12.4. The van der Waals surface area contributed by atoms with Gasteiger partial charge in [-0.15, -0.1) is 10.2 Å². The molecule has 9 heteroatoms. The van der Waals surface area contributed by atoms with Gasteiger partial charge in [-0.05, 0) is 61.0 Å². The van der Waals surface area contributed by atoms with Gasteiger partial charge in [-0.2, -0.15) is 5.10 Å². The van der Waals surface area contributed by atoms with Crippen LogP contribution in [0.1, 0.15) is 12.5 Å². The number of hydrogen-bond acceptors (Lipinski definition) is 5. The molecule has 0 saturated heterocycles. The SMILES string of the molecule is CC(=NNC(=O)CSc1nnc(-c2ccc(Cl)cc2)n1-c1ccccc1)c1ccc(Br)cc1. The Bertz CT molecular complexity index is 1270. The highest BCUT2D eigenvalue weighted by Gasteiger charge is 2.17. The molecule has 1 N–H and O–H groups in total. The third-order valence-electron chi connectivity index (χ3n) is 4.69. The molecule has 1 amide bonds.